The number of ether oxygens (including phenoxy) is 3. The van der Waals surface area contributed by atoms with Gasteiger partial charge in [0.15, 0.2) is 11.5 Å². The Morgan fingerprint density at radius 1 is 1.16 bits per heavy atom. The Morgan fingerprint density at radius 3 is 2.44 bits per heavy atom. The molecule has 0 aromatic heterocycles. The van der Waals surface area contributed by atoms with Gasteiger partial charge in [0.25, 0.3) is 0 Å². The SMILES string of the molecule is C=CCOC(=O)C1=C(S[C@H]2C[C@@H](C(=O)N(C)C)N(Cc3cc(Cl)c(OCC=C)c(OCC=C)c3)C2)[C@H](C)[C@@H]2[C@@H](C(C)O)C(=O)N12. The predicted molar refractivity (Wildman–Crippen MR) is 175 cm³/mol. The molecule has 3 aliphatic heterocycles. The highest BCUT2D eigenvalue weighted by Crippen LogP contribution is 2.52. The van der Waals surface area contributed by atoms with Gasteiger partial charge in [-0.05, 0) is 31.0 Å². The molecule has 45 heavy (non-hydrogen) atoms. The monoisotopic (exact) mass is 659 g/mol. The van der Waals surface area contributed by atoms with Crippen molar-refractivity contribution >= 4 is 41.1 Å². The van der Waals surface area contributed by atoms with E-state index in [0.29, 0.717) is 36.0 Å². The van der Waals surface area contributed by atoms with Gasteiger partial charge in [0.1, 0.15) is 25.5 Å². The van der Waals surface area contributed by atoms with E-state index >= 15 is 0 Å². The van der Waals surface area contributed by atoms with Gasteiger partial charge in [-0.3, -0.25) is 14.5 Å². The lowest BCUT2D eigenvalue weighted by molar-refractivity contribution is -0.164. The van der Waals surface area contributed by atoms with E-state index < -0.39 is 24.0 Å². The number of rotatable bonds is 15. The third-order valence-electron chi connectivity index (χ3n) is 8.18. The van der Waals surface area contributed by atoms with Crippen LogP contribution in [0, 0.1) is 11.8 Å². The van der Waals surface area contributed by atoms with Gasteiger partial charge in [0, 0.05) is 43.3 Å². The summed E-state index contributed by atoms with van der Waals surface area (Å²) in [5.41, 5.74) is 1.06. The van der Waals surface area contributed by atoms with Crippen LogP contribution >= 0.6 is 23.4 Å². The van der Waals surface area contributed by atoms with Crippen LogP contribution in [0.5, 0.6) is 11.5 Å². The summed E-state index contributed by atoms with van der Waals surface area (Å²) in [4.78, 5) is 45.6. The maximum Gasteiger partial charge on any atom is 0.356 e. The molecule has 10 nitrogen and oxygen atoms in total. The molecule has 3 aliphatic rings. The second-order valence-corrected chi connectivity index (χ2v) is 13.4. The summed E-state index contributed by atoms with van der Waals surface area (Å²) in [5.74, 6) is -0.833. The lowest BCUT2D eigenvalue weighted by atomic mass is 9.79. The Hall–Kier alpha value is -3.25. The first-order chi connectivity index (χ1) is 21.4. The van der Waals surface area contributed by atoms with Crippen molar-refractivity contribution < 1.29 is 33.7 Å². The van der Waals surface area contributed by atoms with Gasteiger partial charge in [0.05, 0.1) is 29.1 Å². The first-order valence-corrected chi connectivity index (χ1v) is 16.2. The van der Waals surface area contributed by atoms with Crippen LogP contribution in [0.4, 0.5) is 0 Å². The van der Waals surface area contributed by atoms with E-state index in [1.54, 1.807) is 44.1 Å². The van der Waals surface area contributed by atoms with Crippen molar-refractivity contribution in [1.82, 2.24) is 14.7 Å². The Labute approximate surface area is 274 Å². The molecule has 1 aromatic carbocycles. The summed E-state index contributed by atoms with van der Waals surface area (Å²) in [7, 11) is 3.46. The maximum atomic E-state index is 13.4. The van der Waals surface area contributed by atoms with E-state index in [1.165, 1.54) is 22.7 Å². The Bertz CT molecular complexity index is 1380. The van der Waals surface area contributed by atoms with Crippen LogP contribution < -0.4 is 9.47 Å². The highest BCUT2D eigenvalue weighted by Gasteiger charge is 2.60. The quantitative estimate of drug-likeness (QED) is 0.170. The van der Waals surface area contributed by atoms with E-state index in [4.69, 9.17) is 25.8 Å². The number of thioether (sulfide) groups is 1. The molecule has 0 aliphatic carbocycles. The van der Waals surface area contributed by atoms with Gasteiger partial charge >= 0.3 is 5.97 Å². The second kappa shape index (κ2) is 14.9. The summed E-state index contributed by atoms with van der Waals surface area (Å²) in [6.07, 6.45) is 4.41. The number of esters is 1. The minimum atomic E-state index is -0.846. The van der Waals surface area contributed by atoms with Crippen LogP contribution in [-0.2, 0) is 25.7 Å². The van der Waals surface area contributed by atoms with Gasteiger partial charge in [0.2, 0.25) is 11.8 Å². The molecule has 12 heteroatoms. The van der Waals surface area contributed by atoms with Crippen molar-refractivity contribution in [3.8, 4) is 11.5 Å². The Balaban J connectivity index is 1.63. The number of carbonyl (C=O) groups is 3. The van der Waals surface area contributed by atoms with E-state index in [1.807, 2.05) is 13.0 Å². The molecule has 1 aromatic rings. The van der Waals surface area contributed by atoms with E-state index in [-0.39, 0.29) is 54.5 Å². The number of aliphatic hydroxyl groups is 1. The molecule has 0 radical (unpaired) electrons. The molecule has 2 amide bonds. The van der Waals surface area contributed by atoms with Crippen LogP contribution in [-0.4, -0.2) is 101 Å². The highest BCUT2D eigenvalue weighted by molar-refractivity contribution is 8.03. The smallest absolute Gasteiger partial charge is 0.356 e. The second-order valence-electron chi connectivity index (χ2n) is 11.6. The van der Waals surface area contributed by atoms with Crippen LogP contribution in [0.25, 0.3) is 0 Å². The molecule has 1 unspecified atom stereocenters. The van der Waals surface area contributed by atoms with Crippen molar-refractivity contribution in [3.63, 3.8) is 0 Å². The molecule has 0 spiro atoms. The van der Waals surface area contributed by atoms with Crippen LogP contribution in [0.15, 0.2) is 60.7 Å². The lowest BCUT2D eigenvalue weighted by Crippen LogP contribution is -2.63. The molecule has 6 atom stereocenters. The van der Waals surface area contributed by atoms with Gasteiger partial charge < -0.3 is 29.1 Å². The van der Waals surface area contributed by atoms with Gasteiger partial charge in [-0.2, -0.15) is 0 Å². The summed E-state index contributed by atoms with van der Waals surface area (Å²) in [6.45, 7) is 16.1. The average molecular weight is 660 g/mol. The zero-order valence-electron chi connectivity index (χ0n) is 26.2. The fourth-order valence-corrected chi connectivity index (χ4v) is 8.05. The minimum absolute atomic E-state index is 0.0102. The number of benzene rings is 1. The molecular weight excluding hydrogens is 618 g/mol. The number of halogens is 1. The zero-order chi connectivity index (χ0) is 33.0. The molecule has 244 valence electrons. The summed E-state index contributed by atoms with van der Waals surface area (Å²) >= 11 is 8.14. The van der Waals surface area contributed by atoms with Crippen LogP contribution in [0.2, 0.25) is 5.02 Å². The zero-order valence-corrected chi connectivity index (χ0v) is 27.8. The van der Waals surface area contributed by atoms with Crippen LogP contribution in [0.3, 0.4) is 0 Å². The molecule has 0 saturated carbocycles. The topological polar surface area (TPSA) is 109 Å². The standard InChI is InChI=1S/C33H42ClN3O7S/c1-8-11-42-25-15-21(14-23(34)29(25)43-12-9-2)17-36-18-22(16-24(36)31(39)35(6)7)45-30-19(4)27-26(20(5)38)32(40)37(27)28(30)33(41)44-13-10-3/h8-10,14-15,19-20,22,24,26-27,38H,1-3,11-13,16-18H2,4-7H3/t19-,20?,22+,24+,26-,27-/m1/s1. The maximum absolute atomic E-state index is 13.4. The summed E-state index contributed by atoms with van der Waals surface area (Å²) in [6, 6.07) is 2.90. The largest absolute Gasteiger partial charge is 0.486 e. The summed E-state index contributed by atoms with van der Waals surface area (Å²) < 4.78 is 17.0. The van der Waals surface area contributed by atoms with Crippen molar-refractivity contribution in [1.29, 1.82) is 0 Å². The highest BCUT2D eigenvalue weighted by atomic mass is 35.5. The molecule has 3 heterocycles. The van der Waals surface area contributed by atoms with Crippen molar-refractivity contribution in [2.75, 3.05) is 40.5 Å². The van der Waals surface area contributed by atoms with E-state index in [0.717, 1.165) is 10.5 Å². The molecule has 2 saturated heterocycles. The molecule has 1 N–H and O–H groups in total. The molecule has 0 bridgehead atoms. The van der Waals surface area contributed by atoms with Crippen molar-refractivity contribution in [2.45, 2.75) is 50.3 Å². The van der Waals surface area contributed by atoms with E-state index in [2.05, 4.69) is 24.6 Å². The number of amides is 2. The van der Waals surface area contributed by atoms with Crippen LogP contribution in [0.1, 0.15) is 25.8 Å². The van der Waals surface area contributed by atoms with Gasteiger partial charge in [-0.25, -0.2) is 4.79 Å². The number of aliphatic hydroxyl groups excluding tert-OH is 1. The number of likely N-dealkylation sites (N-methyl/N-ethyl adjacent to an activating group) is 1. The number of hydrogen-bond acceptors (Lipinski definition) is 9. The number of hydrogen-bond donors (Lipinski definition) is 1. The molecule has 4 rings (SSSR count). The number of fused-ring (bicyclic) bond motifs is 1. The first-order valence-electron chi connectivity index (χ1n) is 14.9. The predicted octanol–water partition coefficient (Wildman–Crippen LogP) is 4.03. The third kappa shape index (κ3) is 7.11. The average Bonchev–Trinajstić information content (AvgIpc) is 3.49. The van der Waals surface area contributed by atoms with Gasteiger partial charge in [-0.15, -0.1) is 11.8 Å². The van der Waals surface area contributed by atoms with E-state index in [9.17, 15) is 19.5 Å². The summed E-state index contributed by atoms with van der Waals surface area (Å²) in [5, 5.41) is 10.6. The molecule has 2 fully saturated rings. The number of nitrogens with zero attached hydrogens (tertiary/aromatic N) is 3. The number of likely N-dealkylation sites (tertiary alicyclic amines) is 1. The van der Waals surface area contributed by atoms with Gasteiger partial charge in [-0.1, -0.05) is 56.5 Å². The fraction of sp³-hybridized carbons (Fsp3) is 0.485. The fourth-order valence-electron chi connectivity index (χ4n) is 6.21. The van der Waals surface area contributed by atoms with Crippen molar-refractivity contribution in [3.05, 3.63) is 71.3 Å². The molecular formula is C33H42ClN3O7S. The Morgan fingerprint density at radius 2 is 1.82 bits per heavy atom. The first kappa shape index (κ1) is 34.6. The lowest BCUT2D eigenvalue weighted by Gasteiger charge is -2.46. The minimum Gasteiger partial charge on any atom is -0.486 e. The third-order valence-corrected chi connectivity index (χ3v) is 9.95. The Kier molecular flexibility index (Phi) is 11.5. The number of β-lactam (4-membered cyclic amide) rings is 1. The number of carbonyl (C=O) groups excluding carboxylic acids is 3. The van der Waals surface area contributed by atoms with Crippen molar-refractivity contribution in [2.24, 2.45) is 11.8 Å². The normalized spacial score (nSPS) is 24.9.